The van der Waals surface area contributed by atoms with Gasteiger partial charge in [-0.15, -0.1) is 0 Å². The minimum Gasteiger partial charge on any atom is -0.496 e. The second-order valence-electron chi connectivity index (χ2n) is 6.30. The summed E-state index contributed by atoms with van der Waals surface area (Å²) in [6.07, 6.45) is 1.59. The van der Waals surface area contributed by atoms with Gasteiger partial charge in [-0.25, -0.2) is 4.79 Å². The van der Waals surface area contributed by atoms with Crippen molar-refractivity contribution in [1.82, 2.24) is 10.6 Å². The van der Waals surface area contributed by atoms with Crippen LogP contribution >= 0.6 is 12.2 Å². The van der Waals surface area contributed by atoms with E-state index in [0.29, 0.717) is 29.5 Å². The summed E-state index contributed by atoms with van der Waals surface area (Å²) in [5.74, 6) is 0.358. The predicted octanol–water partition coefficient (Wildman–Crippen LogP) is 3.98. The number of carbonyl (C=O) groups excluding carboxylic acids is 1. The number of esters is 1. The molecular formula is C21H24N2O3S. The van der Waals surface area contributed by atoms with E-state index in [0.717, 1.165) is 28.5 Å². The van der Waals surface area contributed by atoms with Gasteiger partial charge >= 0.3 is 5.97 Å². The van der Waals surface area contributed by atoms with Crippen molar-refractivity contribution < 1.29 is 14.3 Å². The van der Waals surface area contributed by atoms with Crippen LogP contribution in [0.1, 0.15) is 38.3 Å². The van der Waals surface area contributed by atoms with Gasteiger partial charge in [-0.05, 0) is 42.4 Å². The lowest BCUT2D eigenvalue weighted by molar-refractivity contribution is -0.139. The van der Waals surface area contributed by atoms with Crippen molar-refractivity contribution in [3.8, 4) is 5.75 Å². The molecule has 1 atom stereocenters. The van der Waals surface area contributed by atoms with E-state index in [1.165, 1.54) is 0 Å². The smallest absolute Gasteiger partial charge is 0.338 e. The molecule has 5 nitrogen and oxygen atoms in total. The van der Waals surface area contributed by atoms with E-state index in [1.807, 2.05) is 36.4 Å². The molecule has 2 N–H and O–H groups in total. The van der Waals surface area contributed by atoms with Gasteiger partial charge in [0.05, 0.1) is 25.3 Å². The number of nitrogens with one attached hydrogen (secondary N) is 2. The topological polar surface area (TPSA) is 59.6 Å². The standard InChI is InChI=1S/C21H24N2O3S/c1-4-8-15-18(20(24)26-5-2)19(23-21(27)22-15)17-14-10-7-6-9-13(14)11-12-16(17)25-3/h6-7,9-12,19H,4-5,8H2,1-3H3,(H2,22,23,27). The molecule has 0 spiro atoms. The van der Waals surface area contributed by atoms with Crippen molar-refractivity contribution in [3.05, 3.63) is 53.2 Å². The number of rotatable bonds is 6. The van der Waals surface area contributed by atoms with Gasteiger partial charge in [-0.2, -0.15) is 0 Å². The molecule has 3 rings (SSSR count). The van der Waals surface area contributed by atoms with Crippen LogP contribution in [-0.2, 0) is 9.53 Å². The van der Waals surface area contributed by atoms with Crippen LogP contribution in [0.25, 0.3) is 10.8 Å². The zero-order valence-electron chi connectivity index (χ0n) is 15.8. The second kappa shape index (κ2) is 8.39. The number of thiocarbonyl (C=S) groups is 1. The van der Waals surface area contributed by atoms with Crippen LogP contribution < -0.4 is 15.4 Å². The Kier molecular flexibility index (Phi) is 5.96. The summed E-state index contributed by atoms with van der Waals surface area (Å²) >= 11 is 5.43. The van der Waals surface area contributed by atoms with Crippen LogP contribution in [0.5, 0.6) is 5.75 Å². The van der Waals surface area contributed by atoms with Crippen LogP contribution in [0.4, 0.5) is 0 Å². The van der Waals surface area contributed by atoms with Crippen molar-refractivity contribution in [1.29, 1.82) is 0 Å². The lowest BCUT2D eigenvalue weighted by atomic mass is 9.89. The van der Waals surface area contributed by atoms with Gasteiger partial charge in [0, 0.05) is 11.3 Å². The molecule has 1 heterocycles. The molecule has 2 aromatic rings. The first-order valence-corrected chi connectivity index (χ1v) is 9.54. The number of carbonyl (C=O) groups is 1. The summed E-state index contributed by atoms with van der Waals surface area (Å²) in [7, 11) is 1.63. The molecule has 1 aliphatic heterocycles. The lowest BCUT2D eigenvalue weighted by Gasteiger charge is -2.32. The average molecular weight is 385 g/mol. The molecule has 1 unspecified atom stereocenters. The summed E-state index contributed by atoms with van der Waals surface area (Å²) < 4.78 is 11.0. The van der Waals surface area contributed by atoms with Crippen molar-refractivity contribution in [2.75, 3.05) is 13.7 Å². The fraction of sp³-hybridized carbons (Fsp3) is 0.333. The highest BCUT2D eigenvalue weighted by molar-refractivity contribution is 7.80. The van der Waals surface area contributed by atoms with Gasteiger partial charge in [-0.3, -0.25) is 0 Å². The van der Waals surface area contributed by atoms with E-state index in [1.54, 1.807) is 14.0 Å². The van der Waals surface area contributed by atoms with Crippen molar-refractivity contribution in [2.45, 2.75) is 32.7 Å². The maximum atomic E-state index is 12.9. The van der Waals surface area contributed by atoms with Crippen LogP contribution in [0.15, 0.2) is 47.7 Å². The van der Waals surface area contributed by atoms with E-state index >= 15 is 0 Å². The number of fused-ring (bicyclic) bond motifs is 1. The third-order valence-electron chi connectivity index (χ3n) is 4.59. The van der Waals surface area contributed by atoms with Crippen molar-refractivity contribution in [3.63, 3.8) is 0 Å². The molecule has 27 heavy (non-hydrogen) atoms. The predicted molar refractivity (Wildman–Crippen MR) is 111 cm³/mol. The largest absolute Gasteiger partial charge is 0.496 e. The van der Waals surface area contributed by atoms with Gasteiger partial charge < -0.3 is 20.1 Å². The number of hydrogen-bond acceptors (Lipinski definition) is 4. The fourth-order valence-electron chi connectivity index (χ4n) is 3.48. The molecule has 1 aliphatic rings. The van der Waals surface area contributed by atoms with E-state index in [-0.39, 0.29) is 5.97 Å². The van der Waals surface area contributed by atoms with E-state index in [2.05, 4.69) is 17.6 Å². The quantitative estimate of drug-likeness (QED) is 0.580. The van der Waals surface area contributed by atoms with Gasteiger partial charge in [0.2, 0.25) is 0 Å². The van der Waals surface area contributed by atoms with Gasteiger partial charge in [0.15, 0.2) is 5.11 Å². The molecule has 0 fully saturated rings. The normalized spacial score (nSPS) is 16.7. The van der Waals surface area contributed by atoms with E-state index in [9.17, 15) is 4.79 Å². The minimum atomic E-state index is -0.444. The van der Waals surface area contributed by atoms with Crippen LogP contribution in [0.3, 0.4) is 0 Å². The van der Waals surface area contributed by atoms with Gasteiger partial charge in [0.25, 0.3) is 0 Å². The molecule has 0 amide bonds. The Labute approximate surface area is 164 Å². The minimum absolute atomic E-state index is 0.311. The monoisotopic (exact) mass is 384 g/mol. The van der Waals surface area contributed by atoms with Crippen LogP contribution in [0, 0.1) is 0 Å². The molecular weight excluding hydrogens is 360 g/mol. The molecule has 2 aromatic carbocycles. The maximum Gasteiger partial charge on any atom is 0.338 e. The summed E-state index contributed by atoms with van der Waals surface area (Å²) in [6.45, 7) is 4.18. The number of ether oxygens (including phenoxy) is 2. The third-order valence-corrected chi connectivity index (χ3v) is 4.81. The lowest BCUT2D eigenvalue weighted by Crippen LogP contribution is -2.46. The third kappa shape index (κ3) is 3.76. The number of methoxy groups -OCH3 is 1. The maximum absolute atomic E-state index is 12.9. The SMILES string of the molecule is CCCC1=C(C(=O)OCC)C(c2c(OC)ccc3ccccc23)NC(=S)N1. The van der Waals surface area contributed by atoms with Gasteiger partial charge in [0.1, 0.15) is 5.75 Å². The average Bonchev–Trinajstić information content (AvgIpc) is 2.67. The van der Waals surface area contributed by atoms with Crippen LogP contribution in [0.2, 0.25) is 0 Å². The van der Waals surface area contributed by atoms with Crippen molar-refractivity contribution >= 4 is 34.1 Å². The highest BCUT2D eigenvalue weighted by Crippen LogP contribution is 2.39. The Morgan fingerprint density at radius 1 is 1.19 bits per heavy atom. The molecule has 0 aliphatic carbocycles. The molecule has 0 saturated heterocycles. The second-order valence-corrected chi connectivity index (χ2v) is 6.71. The number of benzene rings is 2. The molecule has 142 valence electrons. The summed E-state index contributed by atoms with van der Waals surface area (Å²) in [5, 5.41) is 8.98. The Balaban J connectivity index is 2.26. The summed E-state index contributed by atoms with van der Waals surface area (Å²) in [5.41, 5.74) is 2.25. The Morgan fingerprint density at radius 2 is 1.96 bits per heavy atom. The van der Waals surface area contributed by atoms with E-state index < -0.39 is 6.04 Å². The Morgan fingerprint density at radius 3 is 2.67 bits per heavy atom. The molecule has 0 radical (unpaired) electrons. The zero-order chi connectivity index (χ0) is 19.4. The fourth-order valence-corrected chi connectivity index (χ4v) is 3.72. The first-order valence-electron chi connectivity index (χ1n) is 9.14. The molecule has 0 saturated carbocycles. The summed E-state index contributed by atoms with van der Waals surface area (Å²) in [6, 6.07) is 11.5. The highest BCUT2D eigenvalue weighted by atomic mass is 32.1. The summed E-state index contributed by atoms with van der Waals surface area (Å²) in [4.78, 5) is 12.9. The Hall–Kier alpha value is -2.60. The number of hydrogen-bond donors (Lipinski definition) is 2. The number of allylic oxidation sites excluding steroid dienone is 1. The van der Waals surface area contributed by atoms with Crippen molar-refractivity contribution in [2.24, 2.45) is 0 Å². The van der Waals surface area contributed by atoms with Crippen LogP contribution in [-0.4, -0.2) is 24.8 Å². The van der Waals surface area contributed by atoms with E-state index in [4.69, 9.17) is 21.7 Å². The zero-order valence-corrected chi connectivity index (χ0v) is 16.6. The Bertz CT molecular complexity index is 907. The first-order chi connectivity index (χ1) is 13.1. The highest BCUT2D eigenvalue weighted by Gasteiger charge is 2.34. The molecule has 6 heteroatoms. The first kappa shape index (κ1) is 19.2. The molecule has 0 bridgehead atoms. The van der Waals surface area contributed by atoms with Gasteiger partial charge in [-0.1, -0.05) is 43.7 Å². The molecule has 0 aromatic heterocycles.